The number of nitrogen functional groups attached to an aromatic ring is 1. The van der Waals surface area contributed by atoms with Crippen LogP contribution >= 0.6 is 11.6 Å². The van der Waals surface area contributed by atoms with E-state index < -0.39 is 0 Å². The first-order chi connectivity index (χ1) is 10.1. The number of hydrogen-bond acceptors (Lipinski definition) is 4. The fourth-order valence-electron chi connectivity index (χ4n) is 3.14. The van der Waals surface area contributed by atoms with Gasteiger partial charge in [-0.3, -0.25) is 0 Å². The Balaban J connectivity index is 1.90. The Bertz CT molecular complexity index is 631. The molecule has 1 aliphatic rings. The van der Waals surface area contributed by atoms with E-state index in [9.17, 15) is 0 Å². The summed E-state index contributed by atoms with van der Waals surface area (Å²) in [5, 5.41) is 12.7. The lowest BCUT2D eigenvalue weighted by Gasteiger charge is -2.33. The summed E-state index contributed by atoms with van der Waals surface area (Å²) in [5.74, 6) is 0.715. The molecule has 5 nitrogen and oxygen atoms in total. The van der Waals surface area contributed by atoms with Gasteiger partial charge in [0.1, 0.15) is 0 Å². The molecule has 1 aromatic heterocycles. The minimum atomic E-state index is 0.267. The van der Waals surface area contributed by atoms with E-state index in [0.29, 0.717) is 16.5 Å². The lowest BCUT2D eigenvalue weighted by Crippen LogP contribution is -2.27. The largest absolute Gasteiger partial charge is 0.399 e. The first-order valence-electron chi connectivity index (χ1n) is 7.39. The van der Waals surface area contributed by atoms with Crippen molar-refractivity contribution in [2.75, 3.05) is 5.73 Å². The Morgan fingerprint density at radius 3 is 2.76 bits per heavy atom. The van der Waals surface area contributed by atoms with Crippen molar-refractivity contribution in [2.45, 2.75) is 45.6 Å². The van der Waals surface area contributed by atoms with Crippen molar-refractivity contribution in [2.24, 2.45) is 5.41 Å². The SMILES string of the molecule is CC1(Cn2nnnc2-c2ccc(N)cc2Cl)CCCCC1. The second kappa shape index (κ2) is 5.64. The van der Waals surface area contributed by atoms with Gasteiger partial charge in [-0.05, 0) is 46.9 Å². The van der Waals surface area contributed by atoms with E-state index in [0.717, 1.165) is 12.1 Å². The van der Waals surface area contributed by atoms with Crippen LogP contribution in [0.4, 0.5) is 5.69 Å². The maximum atomic E-state index is 6.28. The molecular formula is C15H20ClN5. The van der Waals surface area contributed by atoms with E-state index in [1.807, 2.05) is 16.8 Å². The molecule has 0 spiro atoms. The van der Waals surface area contributed by atoms with Crippen molar-refractivity contribution in [3.05, 3.63) is 23.2 Å². The minimum Gasteiger partial charge on any atom is -0.399 e. The van der Waals surface area contributed by atoms with Crippen molar-refractivity contribution in [1.82, 2.24) is 20.2 Å². The van der Waals surface area contributed by atoms with E-state index in [-0.39, 0.29) is 5.41 Å². The van der Waals surface area contributed by atoms with Crippen LogP contribution in [0.3, 0.4) is 0 Å². The van der Waals surface area contributed by atoms with Crippen molar-refractivity contribution in [3.63, 3.8) is 0 Å². The third-order valence-electron chi connectivity index (χ3n) is 4.36. The van der Waals surface area contributed by atoms with Gasteiger partial charge in [0.05, 0.1) is 11.6 Å². The van der Waals surface area contributed by atoms with Gasteiger partial charge in [0.15, 0.2) is 5.82 Å². The van der Waals surface area contributed by atoms with E-state index in [1.165, 1.54) is 32.1 Å². The molecule has 1 saturated carbocycles. The minimum absolute atomic E-state index is 0.267. The fraction of sp³-hybridized carbons (Fsp3) is 0.533. The fourth-order valence-corrected chi connectivity index (χ4v) is 3.42. The lowest BCUT2D eigenvalue weighted by atomic mass is 9.76. The average molecular weight is 306 g/mol. The maximum Gasteiger partial charge on any atom is 0.183 e. The molecule has 1 fully saturated rings. The summed E-state index contributed by atoms with van der Waals surface area (Å²) in [6.45, 7) is 3.15. The third-order valence-corrected chi connectivity index (χ3v) is 4.67. The molecule has 6 heteroatoms. The lowest BCUT2D eigenvalue weighted by molar-refractivity contribution is 0.175. The first kappa shape index (κ1) is 14.3. The molecule has 0 radical (unpaired) electrons. The molecule has 2 N–H and O–H groups in total. The molecule has 0 unspecified atom stereocenters. The number of anilines is 1. The van der Waals surface area contributed by atoms with Crippen molar-refractivity contribution in [3.8, 4) is 11.4 Å². The summed E-state index contributed by atoms with van der Waals surface area (Å²) < 4.78 is 1.88. The standard InChI is InChI=1S/C15H20ClN5/c1-15(7-3-2-4-8-15)10-21-14(18-19-20-21)12-6-5-11(17)9-13(12)16/h5-6,9H,2-4,7-8,10,17H2,1H3. The van der Waals surface area contributed by atoms with E-state index in [1.54, 1.807) is 6.07 Å². The number of halogens is 1. The normalized spacial score (nSPS) is 17.8. The van der Waals surface area contributed by atoms with Crippen LogP contribution in [0.1, 0.15) is 39.0 Å². The molecule has 0 bridgehead atoms. The molecule has 0 amide bonds. The summed E-state index contributed by atoms with van der Waals surface area (Å²) in [6.07, 6.45) is 6.36. The second-order valence-electron chi connectivity index (χ2n) is 6.27. The number of nitrogens with zero attached hydrogens (tertiary/aromatic N) is 4. The molecule has 3 rings (SSSR count). The molecule has 112 valence electrons. The van der Waals surface area contributed by atoms with Crippen LogP contribution in [0.15, 0.2) is 18.2 Å². The van der Waals surface area contributed by atoms with Crippen LogP contribution in [0.5, 0.6) is 0 Å². The Morgan fingerprint density at radius 2 is 2.05 bits per heavy atom. The number of benzene rings is 1. The van der Waals surface area contributed by atoms with E-state index >= 15 is 0 Å². The zero-order valence-electron chi connectivity index (χ0n) is 12.2. The summed E-state index contributed by atoms with van der Waals surface area (Å²) in [4.78, 5) is 0. The molecule has 21 heavy (non-hydrogen) atoms. The Kier molecular flexibility index (Phi) is 3.85. The van der Waals surface area contributed by atoms with Crippen LogP contribution in [0.25, 0.3) is 11.4 Å². The van der Waals surface area contributed by atoms with Gasteiger partial charge in [-0.15, -0.1) is 5.10 Å². The quantitative estimate of drug-likeness (QED) is 0.880. The molecule has 2 aromatic rings. The highest BCUT2D eigenvalue weighted by atomic mass is 35.5. The number of tetrazole rings is 1. The van der Waals surface area contributed by atoms with Crippen LogP contribution in [0.2, 0.25) is 5.02 Å². The van der Waals surface area contributed by atoms with Gasteiger partial charge in [0.2, 0.25) is 0 Å². The van der Waals surface area contributed by atoms with Gasteiger partial charge in [-0.1, -0.05) is 37.8 Å². The predicted molar refractivity (Wildman–Crippen MR) is 83.9 cm³/mol. The summed E-state index contributed by atoms with van der Waals surface area (Å²) in [5.41, 5.74) is 7.48. The topological polar surface area (TPSA) is 69.6 Å². The third kappa shape index (κ3) is 3.02. The zero-order valence-corrected chi connectivity index (χ0v) is 13.0. The number of rotatable bonds is 3. The monoisotopic (exact) mass is 305 g/mol. The molecular weight excluding hydrogens is 286 g/mol. The summed E-state index contributed by atoms with van der Waals surface area (Å²) in [6, 6.07) is 5.43. The highest BCUT2D eigenvalue weighted by molar-refractivity contribution is 6.33. The zero-order chi connectivity index (χ0) is 14.9. The van der Waals surface area contributed by atoms with E-state index in [4.69, 9.17) is 17.3 Å². The number of nitrogens with two attached hydrogens (primary N) is 1. The van der Waals surface area contributed by atoms with Gasteiger partial charge in [0, 0.05) is 11.3 Å². The summed E-state index contributed by atoms with van der Waals surface area (Å²) >= 11 is 6.28. The smallest absolute Gasteiger partial charge is 0.183 e. The summed E-state index contributed by atoms with van der Waals surface area (Å²) in [7, 11) is 0. The molecule has 1 aliphatic carbocycles. The molecule has 1 heterocycles. The molecule has 0 atom stereocenters. The van der Waals surface area contributed by atoms with Gasteiger partial charge >= 0.3 is 0 Å². The average Bonchev–Trinajstić information content (AvgIpc) is 2.87. The van der Waals surface area contributed by atoms with Gasteiger partial charge in [0.25, 0.3) is 0 Å². The maximum absolute atomic E-state index is 6.28. The Morgan fingerprint density at radius 1 is 1.29 bits per heavy atom. The van der Waals surface area contributed by atoms with Gasteiger partial charge < -0.3 is 5.73 Å². The van der Waals surface area contributed by atoms with Crippen LogP contribution in [-0.4, -0.2) is 20.2 Å². The first-order valence-corrected chi connectivity index (χ1v) is 7.77. The molecule has 0 saturated heterocycles. The van der Waals surface area contributed by atoms with Gasteiger partial charge in [-0.2, -0.15) is 0 Å². The Hall–Kier alpha value is -1.62. The van der Waals surface area contributed by atoms with E-state index in [2.05, 4.69) is 22.4 Å². The molecule has 0 aliphatic heterocycles. The van der Waals surface area contributed by atoms with Crippen LogP contribution in [0, 0.1) is 5.41 Å². The highest BCUT2D eigenvalue weighted by Gasteiger charge is 2.29. The van der Waals surface area contributed by atoms with Crippen molar-refractivity contribution >= 4 is 17.3 Å². The predicted octanol–water partition coefficient (Wildman–Crippen LogP) is 3.55. The molecule has 1 aromatic carbocycles. The van der Waals surface area contributed by atoms with Gasteiger partial charge in [-0.25, -0.2) is 4.68 Å². The van der Waals surface area contributed by atoms with Crippen molar-refractivity contribution < 1.29 is 0 Å². The Labute approximate surface area is 129 Å². The van der Waals surface area contributed by atoms with Crippen LogP contribution < -0.4 is 5.73 Å². The highest BCUT2D eigenvalue weighted by Crippen LogP contribution is 2.38. The number of hydrogen-bond donors (Lipinski definition) is 1. The second-order valence-corrected chi connectivity index (χ2v) is 6.68. The van der Waals surface area contributed by atoms with Crippen molar-refractivity contribution in [1.29, 1.82) is 0 Å². The van der Waals surface area contributed by atoms with Crippen LogP contribution in [-0.2, 0) is 6.54 Å². The number of aromatic nitrogens is 4.